The lowest BCUT2D eigenvalue weighted by molar-refractivity contribution is 0.0579. The second-order valence-electron chi connectivity index (χ2n) is 7.32. The summed E-state index contributed by atoms with van der Waals surface area (Å²) in [6.07, 6.45) is 6.20. The Labute approximate surface area is 154 Å². The van der Waals surface area contributed by atoms with Crippen LogP contribution in [0.4, 0.5) is 0 Å². The molecule has 0 N–H and O–H groups in total. The van der Waals surface area contributed by atoms with Gasteiger partial charge in [-0.2, -0.15) is 0 Å². The Bertz CT molecular complexity index is 761. The Kier molecular flexibility index (Phi) is 4.91. The summed E-state index contributed by atoms with van der Waals surface area (Å²) < 4.78 is 8.10. The molecule has 4 rings (SSSR count). The molecule has 0 spiro atoms. The first-order chi connectivity index (χ1) is 12.7. The number of carbonyl (C=O) groups is 1. The van der Waals surface area contributed by atoms with Gasteiger partial charge in [-0.25, -0.2) is 0 Å². The summed E-state index contributed by atoms with van der Waals surface area (Å²) in [7, 11) is 0. The van der Waals surface area contributed by atoms with Crippen molar-refractivity contribution in [3.63, 3.8) is 0 Å². The predicted octanol–water partition coefficient (Wildman–Crippen LogP) is 3.00. The number of hydrogen-bond donors (Lipinski definition) is 0. The molecule has 2 aliphatic rings. The number of hydrogen-bond acceptors (Lipinski definition) is 4. The van der Waals surface area contributed by atoms with Crippen LogP contribution in [0.15, 0.2) is 24.3 Å². The molecule has 1 aromatic heterocycles. The van der Waals surface area contributed by atoms with E-state index in [2.05, 4.69) is 29.3 Å². The predicted molar refractivity (Wildman–Crippen MR) is 98.3 cm³/mol. The number of benzene rings is 1. The Morgan fingerprint density at radius 1 is 1.04 bits per heavy atom. The number of likely N-dealkylation sites (tertiary alicyclic amines) is 1. The highest BCUT2D eigenvalue weighted by Gasteiger charge is 2.29. The van der Waals surface area contributed by atoms with Gasteiger partial charge < -0.3 is 14.2 Å². The zero-order valence-corrected chi connectivity index (χ0v) is 15.4. The molecule has 2 aliphatic heterocycles. The number of aryl methyl sites for hydroxylation is 2. The minimum absolute atomic E-state index is 0.0134. The summed E-state index contributed by atoms with van der Waals surface area (Å²) in [5, 5.41) is 8.45. The highest BCUT2D eigenvalue weighted by Crippen LogP contribution is 2.21. The molecular weight excluding hydrogens is 328 g/mol. The van der Waals surface area contributed by atoms with Crippen LogP contribution in [0, 0.1) is 6.92 Å². The minimum atomic E-state index is 0.0134. The maximum absolute atomic E-state index is 12.9. The number of aromatic nitrogens is 3. The average molecular weight is 354 g/mol. The van der Waals surface area contributed by atoms with Crippen LogP contribution in [0.2, 0.25) is 0 Å². The SMILES string of the molecule is Cc1ccc(OC2CCN(C(=O)c3nnc4n3CCCCC4)CC2)cc1. The number of piperidine rings is 1. The van der Waals surface area contributed by atoms with Crippen molar-refractivity contribution >= 4 is 5.91 Å². The molecule has 6 nitrogen and oxygen atoms in total. The molecule has 0 radical (unpaired) electrons. The molecule has 0 bridgehead atoms. The number of fused-ring (bicyclic) bond motifs is 1. The highest BCUT2D eigenvalue weighted by atomic mass is 16.5. The summed E-state index contributed by atoms with van der Waals surface area (Å²) in [5.41, 5.74) is 1.23. The third-order valence-electron chi connectivity index (χ3n) is 5.35. The highest BCUT2D eigenvalue weighted by molar-refractivity contribution is 5.90. The molecule has 0 aliphatic carbocycles. The fourth-order valence-electron chi connectivity index (χ4n) is 3.77. The second kappa shape index (κ2) is 7.48. The largest absolute Gasteiger partial charge is 0.490 e. The summed E-state index contributed by atoms with van der Waals surface area (Å²) in [4.78, 5) is 14.8. The van der Waals surface area contributed by atoms with Gasteiger partial charge in [0.2, 0.25) is 5.82 Å². The monoisotopic (exact) mass is 354 g/mol. The van der Waals surface area contributed by atoms with Crippen LogP contribution in [0.25, 0.3) is 0 Å². The van der Waals surface area contributed by atoms with Crippen molar-refractivity contribution in [3.8, 4) is 5.75 Å². The standard InChI is InChI=1S/C20H26N4O2/c1-15-6-8-16(9-7-15)26-17-10-13-23(14-11-17)20(25)19-22-21-18-5-3-2-4-12-24(18)19/h6-9,17H,2-5,10-14H2,1H3. The van der Waals surface area contributed by atoms with Crippen LogP contribution in [-0.4, -0.2) is 44.8 Å². The number of rotatable bonds is 3. The first-order valence-corrected chi connectivity index (χ1v) is 9.65. The smallest absolute Gasteiger partial charge is 0.291 e. The van der Waals surface area contributed by atoms with Gasteiger partial charge in [0.15, 0.2) is 0 Å². The van der Waals surface area contributed by atoms with E-state index in [1.807, 2.05) is 21.6 Å². The van der Waals surface area contributed by atoms with Gasteiger partial charge in [-0.3, -0.25) is 4.79 Å². The van der Waals surface area contributed by atoms with E-state index in [9.17, 15) is 4.79 Å². The normalized spacial score (nSPS) is 18.3. The van der Waals surface area contributed by atoms with E-state index < -0.39 is 0 Å². The molecule has 6 heteroatoms. The van der Waals surface area contributed by atoms with Crippen molar-refractivity contribution in [3.05, 3.63) is 41.5 Å². The van der Waals surface area contributed by atoms with Gasteiger partial charge in [0, 0.05) is 38.9 Å². The summed E-state index contributed by atoms with van der Waals surface area (Å²) in [5.74, 6) is 2.39. The number of amides is 1. The van der Waals surface area contributed by atoms with Crippen molar-refractivity contribution in [2.24, 2.45) is 0 Å². The van der Waals surface area contributed by atoms with Crippen LogP contribution in [0.3, 0.4) is 0 Å². The molecule has 1 fully saturated rings. The Morgan fingerprint density at radius 2 is 1.81 bits per heavy atom. The van der Waals surface area contributed by atoms with Crippen LogP contribution >= 0.6 is 0 Å². The number of carbonyl (C=O) groups excluding carboxylic acids is 1. The molecule has 1 aromatic carbocycles. The van der Waals surface area contributed by atoms with E-state index in [1.54, 1.807) is 0 Å². The zero-order chi connectivity index (χ0) is 17.9. The molecule has 1 saturated heterocycles. The van der Waals surface area contributed by atoms with E-state index >= 15 is 0 Å². The summed E-state index contributed by atoms with van der Waals surface area (Å²) in [6.45, 7) is 4.34. The maximum Gasteiger partial charge on any atom is 0.291 e. The Hall–Kier alpha value is -2.37. The van der Waals surface area contributed by atoms with Gasteiger partial charge in [-0.05, 0) is 31.9 Å². The quantitative estimate of drug-likeness (QED) is 0.850. The van der Waals surface area contributed by atoms with E-state index in [4.69, 9.17) is 4.74 Å². The van der Waals surface area contributed by atoms with Gasteiger partial charge in [-0.15, -0.1) is 10.2 Å². The van der Waals surface area contributed by atoms with Gasteiger partial charge in [0.25, 0.3) is 5.91 Å². The molecule has 3 heterocycles. The lowest BCUT2D eigenvalue weighted by Crippen LogP contribution is -2.42. The third-order valence-corrected chi connectivity index (χ3v) is 5.35. The Morgan fingerprint density at radius 3 is 2.58 bits per heavy atom. The molecule has 138 valence electrons. The van der Waals surface area contributed by atoms with E-state index in [1.165, 1.54) is 12.0 Å². The van der Waals surface area contributed by atoms with Crippen LogP contribution in [0.5, 0.6) is 5.75 Å². The van der Waals surface area contributed by atoms with Crippen LogP contribution < -0.4 is 4.74 Å². The molecular formula is C20H26N4O2. The first kappa shape index (κ1) is 17.1. The third kappa shape index (κ3) is 3.59. The molecule has 2 aromatic rings. The van der Waals surface area contributed by atoms with Gasteiger partial charge >= 0.3 is 0 Å². The van der Waals surface area contributed by atoms with Gasteiger partial charge in [0.1, 0.15) is 17.7 Å². The minimum Gasteiger partial charge on any atom is -0.490 e. The number of ether oxygens (including phenoxy) is 1. The first-order valence-electron chi connectivity index (χ1n) is 9.65. The van der Waals surface area contributed by atoms with Crippen molar-refractivity contribution in [2.45, 2.75) is 58.1 Å². The molecule has 0 saturated carbocycles. The second-order valence-corrected chi connectivity index (χ2v) is 7.32. The molecule has 0 atom stereocenters. The molecule has 0 unspecified atom stereocenters. The van der Waals surface area contributed by atoms with E-state index in [-0.39, 0.29) is 12.0 Å². The lowest BCUT2D eigenvalue weighted by atomic mass is 10.1. The van der Waals surface area contributed by atoms with Crippen molar-refractivity contribution < 1.29 is 9.53 Å². The van der Waals surface area contributed by atoms with Crippen LogP contribution in [0.1, 0.15) is 54.1 Å². The zero-order valence-electron chi connectivity index (χ0n) is 15.4. The molecule has 26 heavy (non-hydrogen) atoms. The topological polar surface area (TPSA) is 60.2 Å². The molecule has 1 amide bonds. The van der Waals surface area contributed by atoms with Gasteiger partial charge in [-0.1, -0.05) is 24.1 Å². The van der Waals surface area contributed by atoms with Gasteiger partial charge in [0.05, 0.1) is 0 Å². The van der Waals surface area contributed by atoms with E-state index in [0.717, 1.165) is 50.2 Å². The Balaban J connectivity index is 1.36. The van der Waals surface area contributed by atoms with Crippen LogP contribution in [-0.2, 0) is 13.0 Å². The van der Waals surface area contributed by atoms with Crippen molar-refractivity contribution in [1.29, 1.82) is 0 Å². The fourth-order valence-corrected chi connectivity index (χ4v) is 3.77. The number of nitrogens with zero attached hydrogens (tertiary/aromatic N) is 4. The fraction of sp³-hybridized carbons (Fsp3) is 0.550. The lowest BCUT2D eigenvalue weighted by Gasteiger charge is -2.32. The average Bonchev–Trinajstić information content (AvgIpc) is 2.92. The summed E-state index contributed by atoms with van der Waals surface area (Å²) in [6, 6.07) is 8.15. The summed E-state index contributed by atoms with van der Waals surface area (Å²) >= 11 is 0. The van der Waals surface area contributed by atoms with E-state index in [0.29, 0.717) is 18.9 Å². The van der Waals surface area contributed by atoms with Crippen molar-refractivity contribution in [1.82, 2.24) is 19.7 Å². The maximum atomic E-state index is 12.9. The van der Waals surface area contributed by atoms with Crippen molar-refractivity contribution in [2.75, 3.05) is 13.1 Å².